The molecule has 0 bridgehead atoms. The van der Waals surface area contributed by atoms with Crippen LogP contribution in [-0.2, 0) is 4.74 Å². The molecule has 3 nitrogen and oxygen atoms in total. The monoisotopic (exact) mass is 158 g/mol. The average Bonchev–Trinajstić information content (AvgIpc) is 2.03. The lowest BCUT2D eigenvalue weighted by atomic mass is 10.0. The summed E-state index contributed by atoms with van der Waals surface area (Å²) in [5.74, 6) is 0. The van der Waals surface area contributed by atoms with E-state index in [4.69, 9.17) is 4.74 Å². The van der Waals surface area contributed by atoms with E-state index < -0.39 is 0 Å². The second-order valence-corrected chi connectivity index (χ2v) is 3.33. The summed E-state index contributed by atoms with van der Waals surface area (Å²) in [5.41, 5.74) is 0.0568. The molecule has 1 aliphatic rings. The summed E-state index contributed by atoms with van der Waals surface area (Å²) in [6.45, 7) is 6.01. The Kier molecular flexibility index (Phi) is 3.30. The van der Waals surface area contributed by atoms with Crippen molar-refractivity contribution in [3.05, 3.63) is 0 Å². The zero-order chi connectivity index (χ0) is 8.16. The quantitative estimate of drug-likeness (QED) is 0.605. The van der Waals surface area contributed by atoms with E-state index in [1.807, 2.05) is 7.05 Å². The SMILES string of the molecule is CNCCC1(C)CNCCO1. The molecule has 0 aromatic rings. The Morgan fingerprint density at radius 3 is 3.00 bits per heavy atom. The van der Waals surface area contributed by atoms with Crippen molar-refractivity contribution in [3.63, 3.8) is 0 Å². The summed E-state index contributed by atoms with van der Waals surface area (Å²) in [4.78, 5) is 0. The number of hydrogen-bond donors (Lipinski definition) is 2. The van der Waals surface area contributed by atoms with Gasteiger partial charge in [0, 0.05) is 13.1 Å². The Morgan fingerprint density at radius 1 is 1.64 bits per heavy atom. The number of ether oxygens (including phenoxy) is 1. The highest BCUT2D eigenvalue weighted by atomic mass is 16.5. The minimum atomic E-state index is 0.0568. The van der Waals surface area contributed by atoms with Crippen LogP contribution < -0.4 is 10.6 Å². The summed E-state index contributed by atoms with van der Waals surface area (Å²) in [7, 11) is 1.97. The van der Waals surface area contributed by atoms with Gasteiger partial charge in [-0.05, 0) is 26.9 Å². The summed E-state index contributed by atoms with van der Waals surface area (Å²) < 4.78 is 5.66. The maximum Gasteiger partial charge on any atom is 0.0791 e. The first-order chi connectivity index (χ1) is 5.27. The Bertz CT molecular complexity index is 111. The Morgan fingerprint density at radius 2 is 2.45 bits per heavy atom. The lowest BCUT2D eigenvalue weighted by Crippen LogP contribution is -2.48. The summed E-state index contributed by atoms with van der Waals surface area (Å²) in [6.07, 6.45) is 1.08. The fourth-order valence-electron chi connectivity index (χ4n) is 1.32. The Labute approximate surface area is 68.5 Å². The molecule has 1 unspecified atom stereocenters. The van der Waals surface area contributed by atoms with Crippen molar-refractivity contribution in [2.75, 3.05) is 33.3 Å². The van der Waals surface area contributed by atoms with Crippen molar-refractivity contribution in [1.29, 1.82) is 0 Å². The Balaban J connectivity index is 2.25. The normalized spacial score (nSPS) is 32.2. The molecule has 3 heteroatoms. The van der Waals surface area contributed by atoms with Crippen LogP contribution in [0.25, 0.3) is 0 Å². The molecule has 1 rings (SSSR count). The van der Waals surface area contributed by atoms with Crippen molar-refractivity contribution >= 4 is 0 Å². The van der Waals surface area contributed by atoms with Crippen LogP contribution in [0.1, 0.15) is 13.3 Å². The minimum absolute atomic E-state index is 0.0568. The van der Waals surface area contributed by atoms with E-state index in [-0.39, 0.29) is 5.60 Å². The van der Waals surface area contributed by atoms with Gasteiger partial charge in [0.1, 0.15) is 0 Å². The molecule has 0 amide bonds. The zero-order valence-corrected chi connectivity index (χ0v) is 7.44. The third-order valence-corrected chi connectivity index (χ3v) is 2.13. The van der Waals surface area contributed by atoms with E-state index in [2.05, 4.69) is 17.6 Å². The van der Waals surface area contributed by atoms with E-state index in [0.717, 1.165) is 32.7 Å². The van der Waals surface area contributed by atoms with Crippen LogP contribution in [0.5, 0.6) is 0 Å². The molecule has 1 aliphatic heterocycles. The number of rotatable bonds is 3. The highest BCUT2D eigenvalue weighted by molar-refractivity contribution is 4.81. The molecule has 0 spiro atoms. The summed E-state index contributed by atoms with van der Waals surface area (Å²) >= 11 is 0. The van der Waals surface area contributed by atoms with Gasteiger partial charge in [0.15, 0.2) is 0 Å². The van der Waals surface area contributed by atoms with Crippen molar-refractivity contribution in [3.8, 4) is 0 Å². The largest absolute Gasteiger partial charge is 0.373 e. The number of hydrogen-bond acceptors (Lipinski definition) is 3. The molecule has 1 heterocycles. The molecule has 0 radical (unpaired) electrons. The molecule has 1 saturated heterocycles. The van der Waals surface area contributed by atoms with Crippen LogP contribution >= 0.6 is 0 Å². The standard InChI is InChI=1S/C8H18N2O/c1-8(3-4-9-2)7-10-5-6-11-8/h9-10H,3-7H2,1-2H3. The van der Waals surface area contributed by atoms with Crippen LogP contribution in [0.3, 0.4) is 0 Å². The third kappa shape index (κ3) is 2.77. The van der Waals surface area contributed by atoms with Gasteiger partial charge in [-0.3, -0.25) is 0 Å². The topological polar surface area (TPSA) is 33.3 Å². The first kappa shape index (κ1) is 8.97. The van der Waals surface area contributed by atoms with Gasteiger partial charge in [-0.2, -0.15) is 0 Å². The number of nitrogens with one attached hydrogen (secondary N) is 2. The number of morpholine rings is 1. The Hall–Kier alpha value is -0.120. The maximum absolute atomic E-state index is 5.66. The maximum atomic E-state index is 5.66. The fourth-order valence-corrected chi connectivity index (χ4v) is 1.32. The molecule has 11 heavy (non-hydrogen) atoms. The molecule has 0 aromatic heterocycles. The molecular weight excluding hydrogens is 140 g/mol. The zero-order valence-electron chi connectivity index (χ0n) is 7.44. The second kappa shape index (κ2) is 4.04. The molecule has 0 aromatic carbocycles. The van der Waals surface area contributed by atoms with Crippen molar-refractivity contribution in [2.24, 2.45) is 0 Å². The first-order valence-corrected chi connectivity index (χ1v) is 4.26. The fraction of sp³-hybridized carbons (Fsp3) is 1.00. The van der Waals surface area contributed by atoms with E-state index in [1.165, 1.54) is 0 Å². The van der Waals surface area contributed by atoms with Crippen LogP contribution in [0, 0.1) is 0 Å². The van der Waals surface area contributed by atoms with E-state index in [9.17, 15) is 0 Å². The first-order valence-electron chi connectivity index (χ1n) is 4.26. The molecule has 0 saturated carbocycles. The molecular formula is C8H18N2O. The van der Waals surface area contributed by atoms with Gasteiger partial charge >= 0.3 is 0 Å². The molecule has 2 N–H and O–H groups in total. The lowest BCUT2D eigenvalue weighted by molar-refractivity contribution is -0.0568. The molecule has 1 fully saturated rings. The van der Waals surface area contributed by atoms with Crippen molar-refractivity contribution in [2.45, 2.75) is 18.9 Å². The van der Waals surface area contributed by atoms with E-state index >= 15 is 0 Å². The van der Waals surface area contributed by atoms with Crippen LogP contribution in [0.15, 0.2) is 0 Å². The van der Waals surface area contributed by atoms with Crippen molar-refractivity contribution in [1.82, 2.24) is 10.6 Å². The van der Waals surface area contributed by atoms with Crippen molar-refractivity contribution < 1.29 is 4.74 Å². The average molecular weight is 158 g/mol. The second-order valence-electron chi connectivity index (χ2n) is 3.33. The minimum Gasteiger partial charge on any atom is -0.373 e. The smallest absolute Gasteiger partial charge is 0.0791 e. The molecule has 1 atom stereocenters. The summed E-state index contributed by atoms with van der Waals surface area (Å²) in [6, 6.07) is 0. The molecule has 66 valence electrons. The highest BCUT2D eigenvalue weighted by Gasteiger charge is 2.26. The van der Waals surface area contributed by atoms with Crippen LogP contribution in [0.2, 0.25) is 0 Å². The highest BCUT2D eigenvalue weighted by Crippen LogP contribution is 2.15. The van der Waals surface area contributed by atoms with E-state index in [0.29, 0.717) is 0 Å². The van der Waals surface area contributed by atoms with Gasteiger partial charge in [-0.1, -0.05) is 0 Å². The molecule has 0 aliphatic carbocycles. The van der Waals surface area contributed by atoms with Gasteiger partial charge in [0.05, 0.1) is 12.2 Å². The third-order valence-electron chi connectivity index (χ3n) is 2.13. The van der Waals surface area contributed by atoms with Crippen LogP contribution in [-0.4, -0.2) is 38.9 Å². The lowest BCUT2D eigenvalue weighted by Gasteiger charge is -2.34. The van der Waals surface area contributed by atoms with Gasteiger partial charge in [0.25, 0.3) is 0 Å². The predicted octanol–water partition coefficient (Wildman–Crippen LogP) is -0.0256. The predicted molar refractivity (Wildman–Crippen MR) is 45.8 cm³/mol. The van der Waals surface area contributed by atoms with Gasteiger partial charge in [-0.15, -0.1) is 0 Å². The summed E-state index contributed by atoms with van der Waals surface area (Å²) in [5, 5.41) is 6.46. The van der Waals surface area contributed by atoms with Gasteiger partial charge in [0.2, 0.25) is 0 Å². The van der Waals surface area contributed by atoms with Gasteiger partial charge in [-0.25, -0.2) is 0 Å². The van der Waals surface area contributed by atoms with E-state index in [1.54, 1.807) is 0 Å². The van der Waals surface area contributed by atoms with Crippen LogP contribution in [0.4, 0.5) is 0 Å². The van der Waals surface area contributed by atoms with Gasteiger partial charge < -0.3 is 15.4 Å².